The first-order valence-corrected chi connectivity index (χ1v) is 7.83. The van der Waals surface area contributed by atoms with Crippen LogP contribution in [-0.2, 0) is 13.5 Å². The molecule has 2 heterocycles. The second-order valence-electron chi connectivity index (χ2n) is 5.67. The number of nitrogens with two attached hydrogens (primary N) is 1. The quantitative estimate of drug-likeness (QED) is 0.611. The van der Waals surface area contributed by atoms with Crippen molar-refractivity contribution in [3.05, 3.63) is 39.7 Å². The monoisotopic (exact) mass is 371 g/mol. The number of anilines is 1. The van der Waals surface area contributed by atoms with E-state index in [9.17, 15) is 14.7 Å². The van der Waals surface area contributed by atoms with Gasteiger partial charge in [0.2, 0.25) is 17.3 Å². The number of methoxy groups -OCH3 is 2. The van der Waals surface area contributed by atoms with E-state index in [2.05, 4.69) is 15.1 Å². The number of carbonyl (C=O) groups is 1. The molecule has 0 aliphatic heterocycles. The lowest BCUT2D eigenvalue weighted by Gasteiger charge is -2.10. The van der Waals surface area contributed by atoms with Crippen LogP contribution >= 0.6 is 0 Å². The highest BCUT2D eigenvalue weighted by atomic mass is 16.5. The van der Waals surface area contributed by atoms with Crippen LogP contribution in [-0.4, -0.2) is 44.9 Å². The van der Waals surface area contributed by atoms with Crippen LogP contribution < -0.4 is 20.6 Å². The molecule has 3 rings (SSSR count). The highest BCUT2D eigenvalue weighted by Gasteiger charge is 2.19. The van der Waals surface area contributed by atoms with Gasteiger partial charge in [-0.2, -0.15) is 15.1 Å². The van der Waals surface area contributed by atoms with Crippen molar-refractivity contribution in [3.63, 3.8) is 0 Å². The summed E-state index contributed by atoms with van der Waals surface area (Å²) in [7, 11) is 4.47. The molecule has 0 aliphatic carbocycles. The van der Waals surface area contributed by atoms with Crippen LogP contribution in [0.15, 0.2) is 23.0 Å². The summed E-state index contributed by atoms with van der Waals surface area (Å²) in [5.74, 6) is -0.222. The van der Waals surface area contributed by atoms with Crippen molar-refractivity contribution in [1.29, 1.82) is 0 Å². The van der Waals surface area contributed by atoms with Crippen LogP contribution in [0, 0.1) is 0 Å². The Morgan fingerprint density at radius 1 is 1.22 bits per heavy atom. The minimum atomic E-state index is -0.630. The standard InChI is InChI=1S/C17H17N5O5/c1-22-15-13(16(25)20-17(18)19-15)14(24)9(21-22)7-10(23)8-4-5-11(26-2)12(6-8)27-3/h4-6H,7H2,1-3H3,(H3,18,19,20,25). The number of benzene rings is 1. The molecule has 0 atom stereocenters. The van der Waals surface area contributed by atoms with Crippen molar-refractivity contribution in [2.45, 2.75) is 6.42 Å². The van der Waals surface area contributed by atoms with Crippen LogP contribution in [0.25, 0.3) is 11.0 Å². The fourth-order valence-electron chi connectivity index (χ4n) is 2.69. The van der Waals surface area contributed by atoms with Gasteiger partial charge in [-0.05, 0) is 18.2 Å². The molecule has 0 saturated heterocycles. The Morgan fingerprint density at radius 2 is 1.93 bits per heavy atom. The summed E-state index contributed by atoms with van der Waals surface area (Å²) in [6, 6.07) is 4.69. The summed E-state index contributed by atoms with van der Waals surface area (Å²) in [6.45, 7) is 0. The molecule has 10 heteroatoms. The fourth-order valence-corrected chi connectivity index (χ4v) is 2.69. The largest absolute Gasteiger partial charge is 0.493 e. The maximum Gasteiger partial charge on any atom is 0.229 e. The summed E-state index contributed by atoms with van der Waals surface area (Å²) in [4.78, 5) is 32.8. The molecule has 0 spiro atoms. The number of ether oxygens (including phenoxy) is 2. The third-order valence-corrected chi connectivity index (χ3v) is 3.99. The average Bonchev–Trinajstić information content (AvgIpc) is 2.64. The predicted molar refractivity (Wildman–Crippen MR) is 96.2 cm³/mol. The van der Waals surface area contributed by atoms with Gasteiger partial charge in [0.15, 0.2) is 22.9 Å². The van der Waals surface area contributed by atoms with Crippen molar-refractivity contribution in [1.82, 2.24) is 19.7 Å². The summed E-state index contributed by atoms with van der Waals surface area (Å²) in [6.07, 6.45) is -0.276. The Balaban J connectivity index is 2.03. The number of aryl methyl sites for hydroxylation is 1. The lowest BCUT2D eigenvalue weighted by Crippen LogP contribution is -2.22. The summed E-state index contributed by atoms with van der Waals surface area (Å²) < 4.78 is 11.6. The smallest absolute Gasteiger partial charge is 0.229 e. The first kappa shape index (κ1) is 18.1. The zero-order chi connectivity index (χ0) is 19.7. The summed E-state index contributed by atoms with van der Waals surface area (Å²) in [5, 5.41) is 13.9. The van der Waals surface area contributed by atoms with E-state index in [1.54, 1.807) is 12.1 Å². The van der Waals surface area contributed by atoms with E-state index < -0.39 is 11.3 Å². The lowest BCUT2D eigenvalue weighted by atomic mass is 10.0. The lowest BCUT2D eigenvalue weighted by molar-refractivity contribution is 0.0991. The van der Waals surface area contributed by atoms with Gasteiger partial charge in [0, 0.05) is 12.6 Å². The molecule has 0 fully saturated rings. The molecule has 0 bridgehead atoms. The van der Waals surface area contributed by atoms with Crippen molar-refractivity contribution in [3.8, 4) is 17.4 Å². The van der Waals surface area contributed by atoms with Gasteiger partial charge in [0.25, 0.3) is 0 Å². The normalized spacial score (nSPS) is 10.8. The molecule has 0 radical (unpaired) electrons. The molecule has 3 aromatic rings. The van der Waals surface area contributed by atoms with E-state index in [4.69, 9.17) is 15.2 Å². The first-order chi connectivity index (χ1) is 12.8. The maximum atomic E-state index is 12.6. The van der Waals surface area contributed by atoms with E-state index in [1.165, 1.54) is 32.0 Å². The molecule has 3 N–H and O–H groups in total. The number of nitrogens with zero attached hydrogens (tertiary/aromatic N) is 4. The number of nitrogen functional groups attached to an aromatic ring is 1. The van der Waals surface area contributed by atoms with Gasteiger partial charge in [-0.25, -0.2) is 4.68 Å². The zero-order valence-corrected chi connectivity index (χ0v) is 14.9. The predicted octanol–water partition coefficient (Wildman–Crippen LogP) is 0.454. The number of hydrogen-bond acceptors (Lipinski definition) is 9. The van der Waals surface area contributed by atoms with E-state index in [0.717, 1.165) is 0 Å². The third-order valence-electron chi connectivity index (χ3n) is 3.99. The third kappa shape index (κ3) is 3.24. The Kier molecular flexibility index (Phi) is 4.63. The average molecular weight is 371 g/mol. The van der Waals surface area contributed by atoms with Crippen molar-refractivity contribution >= 4 is 22.8 Å². The minimum Gasteiger partial charge on any atom is -0.493 e. The van der Waals surface area contributed by atoms with E-state index in [0.29, 0.717) is 17.1 Å². The molecular weight excluding hydrogens is 354 g/mol. The number of aromatic nitrogens is 4. The van der Waals surface area contributed by atoms with Gasteiger partial charge < -0.3 is 20.3 Å². The molecule has 0 aliphatic rings. The molecular formula is C17H17N5O5. The highest BCUT2D eigenvalue weighted by molar-refractivity contribution is 5.98. The zero-order valence-electron chi connectivity index (χ0n) is 14.9. The summed E-state index contributed by atoms with van der Waals surface area (Å²) in [5.41, 5.74) is 5.21. The number of carbonyl (C=O) groups excluding carboxylic acids is 1. The van der Waals surface area contributed by atoms with Crippen LogP contribution in [0.2, 0.25) is 0 Å². The minimum absolute atomic E-state index is 0.0477. The van der Waals surface area contributed by atoms with Gasteiger partial charge in [0.1, 0.15) is 11.1 Å². The topological polar surface area (TPSA) is 142 Å². The molecule has 140 valence electrons. The van der Waals surface area contributed by atoms with Gasteiger partial charge in [-0.3, -0.25) is 9.59 Å². The van der Waals surface area contributed by atoms with Crippen LogP contribution in [0.3, 0.4) is 0 Å². The molecule has 10 nitrogen and oxygen atoms in total. The van der Waals surface area contributed by atoms with Crippen LogP contribution in [0.1, 0.15) is 16.1 Å². The van der Waals surface area contributed by atoms with E-state index in [-0.39, 0.29) is 34.9 Å². The van der Waals surface area contributed by atoms with Gasteiger partial charge in [-0.15, -0.1) is 0 Å². The first-order valence-electron chi connectivity index (χ1n) is 7.83. The SMILES string of the molecule is COc1ccc(C(=O)Cc2nn(C)c3nc(N)nc(O)c3c2=O)cc1OC. The molecule has 0 unspecified atom stereocenters. The Morgan fingerprint density at radius 3 is 2.59 bits per heavy atom. The van der Waals surface area contributed by atoms with Crippen molar-refractivity contribution < 1.29 is 19.4 Å². The maximum absolute atomic E-state index is 12.6. The molecule has 0 saturated carbocycles. The second kappa shape index (κ2) is 6.90. The Bertz CT molecular complexity index is 1110. The van der Waals surface area contributed by atoms with Crippen LogP contribution in [0.4, 0.5) is 5.95 Å². The molecule has 2 aromatic heterocycles. The number of rotatable bonds is 5. The van der Waals surface area contributed by atoms with Gasteiger partial charge in [0.05, 0.1) is 20.6 Å². The number of aromatic hydroxyl groups is 1. The Labute approximate surface area is 153 Å². The summed E-state index contributed by atoms with van der Waals surface area (Å²) >= 11 is 0. The number of fused-ring (bicyclic) bond motifs is 1. The highest BCUT2D eigenvalue weighted by Crippen LogP contribution is 2.28. The molecule has 0 amide bonds. The number of Topliss-reactive ketones (excluding diaryl/α,β-unsaturated/α-hetero) is 1. The van der Waals surface area contributed by atoms with Gasteiger partial charge in [-0.1, -0.05) is 0 Å². The van der Waals surface area contributed by atoms with E-state index in [1.807, 2.05) is 0 Å². The van der Waals surface area contributed by atoms with Crippen molar-refractivity contribution in [2.24, 2.45) is 7.05 Å². The van der Waals surface area contributed by atoms with Gasteiger partial charge >= 0.3 is 0 Å². The van der Waals surface area contributed by atoms with Crippen molar-refractivity contribution in [2.75, 3.05) is 20.0 Å². The van der Waals surface area contributed by atoms with E-state index >= 15 is 0 Å². The fraction of sp³-hybridized carbons (Fsp3) is 0.235. The number of hydrogen-bond donors (Lipinski definition) is 2. The second-order valence-corrected chi connectivity index (χ2v) is 5.67. The number of ketones is 1. The molecule has 27 heavy (non-hydrogen) atoms. The van der Waals surface area contributed by atoms with Crippen LogP contribution in [0.5, 0.6) is 17.4 Å². The molecule has 1 aromatic carbocycles. The Hall–Kier alpha value is -3.69.